The summed E-state index contributed by atoms with van der Waals surface area (Å²) in [7, 11) is 1.72. The molecule has 0 aliphatic carbocycles. The van der Waals surface area contributed by atoms with E-state index >= 15 is 0 Å². The molecule has 0 unspecified atom stereocenters. The maximum atomic E-state index is 13.3. The van der Waals surface area contributed by atoms with Crippen LogP contribution in [0.3, 0.4) is 0 Å². The van der Waals surface area contributed by atoms with Crippen LogP contribution in [-0.4, -0.2) is 57.2 Å². The lowest BCUT2D eigenvalue weighted by molar-refractivity contribution is -0.121. The van der Waals surface area contributed by atoms with Gasteiger partial charge in [-0.2, -0.15) is 0 Å². The fraction of sp³-hybridized carbons (Fsp3) is 0.296. The quantitative estimate of drug-likeness (QED) is 0.627. The predicted molar refractivity (Wildman–Crippen MR) is 129 cm³/mol. The van der Waals surface area contributed by atoms with Crippen LogP contribution in [0.1, 0.15) is 17.0 Å². The Morgan fingerprint density at radius 1 is 0.909 bits per heavy atom. The average molecular weight is 444 g/mol. The number of ether oxygens (including phenoxy) is 2. The Morgan fingerprint density at radius 2 is 1.52 bits per heavy atom. The lowest BCUT2D eigenvalue weighted by atomic mass is 9.87. The first-order valence-electron chi connectivity index (χ1n) is 11.5. The summed E-state index contributed by atoms with van der Waals surface area (Å²) in [6, 6.07) is 23.7. The van der Waals surface area contributed by atoms with Crippen molar-refractivity contribution in [2.45, 2.75) is 5.92 Å². The Balaban J connectivity index is 1.18. The molecule has 0 aromatic heterocycles. The van der Waals surface area contributed by atoms with Gasteiger partial charge in [0.1, 0.15) is 17.2 Å². The second-order valence-corrected chi connectivity index (χ2v) is 8.40. The number of carbonyl (C=O) groups excluding carboxylic acids is 1. The fourth-order valence-electron chi connectivity index (χ4n) is 4.74. The molecule has 170 valence electrons. The Kier molecular flexibility index (Phi) is 6.17. The largest absolute Gasteiger partial charge is 0.495 e. The topological polar surface area (TPSA) is 54.0 Å². The number of fused-ring (bicyclic) bond motifs is 2. The van der Waals surface area contributed by atoms with Gasteiger partial charge in [0.05, 0.1) is 18.7 Å². The molecule has 1 N–H and O–H groups in total. The second kappa shape index (κ2) is 9.55. The molecule has 3 aromatic carbocycles. The lowest BCUT2D eigenvalue weighted by Crippen LogP contribution is -2.48. The van der Waals surface area contributed by atoms with Crippen molar-refractivity contribution in [3.63, 3.8) is 0 Å². The highest BCUT2D eigenvalue weighted by Gasteiger charge is 2.32. The average Bonchev–Trinajstić information content (AvgIpc) is 2.87. The number of para-hydroxylation sites is 4. The van der Waals surface area contributed by atoms with E-state index in [9.17, 15) is 4.79 Å². The number of anilines is 1. The summed E-state index contributed by atoms with van der Waals surface area (Å²) < 4.78 is 11.5. The number of nitrogens with zero attached hydrogens (tertiary/aromatic N) is 2. The smallest absolute Gasteiger partial charge is 0.232 e. The van der Waals surface area contributed by atoms with Crippen LogP contribution < -0.4 is 19.7 Å². The van der Waals surface area contributed by atoms with E-state index in [1.807, 2.05) is 66.7 Å². The van der Waals surface area contributed by atoms with Gasteiger partial charge in [-0.25, -0.2) is 0 Å². The van der Waals surface area contributed by atoms with E-state index in [4.69, 9.17) is 9.47 Å². The van der Waals surface area contributed by atoms with E-state index in [-0.39, 0.29) is 11.8 Å². The van der Waals surface area contributed by atoms with E-state index in [1.54, 1.807) is 7.11 Å². The summed E-state index contributed by atoms with van der Waals surface area (Å²) in [5.41, 5.74) is 2.98. The molecular formula is C27H29N3O3. The highest BCUT2D eigenvalue weighted by Crippen LogP contribution is 2.43. The first kappa shape index (κ1) is 21.3. The van der Waals surface area contributed by atoms with Crippen LogP contribution in [0.15, 0.2) is 72.8 Å². The number of hydrogen-bond acceptors (Lipinski definition) is 5. The fourth-order valence-corrected chi connectivity index (χ4v) is 4.74. The van der Waals surface area contributed by atoms with Gasteiger partial charge in [0.2, 0.25) is 5.91 Å². The molecule has 0 spiro atoms. The monoisotopic (exact) mass is 443 g/mol. The Morgan fingerprint density at radius 3 is 2.18 bits per heavy atom. The zero-order chi connectivity index (χ0) is 22.6. The van der Waals surface area contributed by atoms with Crippen molar-refractivity contribution < 1.29 is 14.3 Å². The Bertz CT molecular complexity index is 1080. The van der Waals surface area contributed by atoms with Crippen LogP contribution in [0, 0.1) is 0 Å². The zero-order valence-corrected chi connectivity index (χ0v) is 18.9. The van der Waals surface area contributed by atoms with Crippen molar-refractivity contribution >= 4 is 11.6 Å². The third kappa shape index (κ3) is 4.39. The van der Waals surface area contributed by atoms with Crippen LogP contribution in [0.4, 0.5) is 5.69 Å². The number of carbonyl (C=O) groups is 1. The molecule has 5 rings (SSSR count). The molecule has 1 saturated heterocycles. The standard InChI is InChI=1S/C27H29N3O3/c1-32-25-13-7-4-10-22(25)30-18-16-29(17-19-30)15-14-28-27(31)26-20-8-2-5-11-23(20)33-24-12-6-3-9-21(24)26/h2-13,26H,14-19H2,1H3,(H,28,31). The third-order valence-electron chi connectivity index (χ3n) is 6.47. The van der Waals surface area contributed by atoms with Crippen molar-refractivity contribution in [3.05, 3.63) is 83.9 Å². The highest BCUT2D eigenvalue weighted by molar-refractivity contribution is 5.89. The minimum absolute atomic E-state index is 0.0193. The molecule has 1 amide bonds. The zero-order valence-electron chi connectivity index (χ0n) is 18.9. The molecular weight excluding hydrogens is 414 g/mol. The van der Waals surface area contributed by atoms with Gasteiger partial charge in [0.25, 0.3) is 0 Å². The molecule has 2 aliphatic rings. The van der Waals surface area contributed by atoms with Gasteiger partial charge in [-0.15, -0.1) is 0 Å². The summed E-state index contributed by atoms with van der Waals surface area (Å²) in [6.45, 7) is 5.24. The molecule has 2 aliphatic heterocycles. The highest BCUT2D eigenvalue weighted by atomic mass is 16.5. The van der Waals surface area contributed by atoms with Gasteiger partial charge in [0.15, 0.2) is 0 Å². The van der Waals surface area contributed by atoms with Gasteiger partial charge in [-0.05, 0) is 24.3 Å². The summed E-state index contributed by atoms with van der Waals surface area (Å²) in [6.07, 6.45) is 0. The van der Waals surface area contributed by atoms with Crippen LogP contribution in [-0.2, 0) is 4.79 Å². The molecule has 33 heavy (non-hydrogen) atoms. The number of amides is 1. The molecule has 6 nitrogen and oxygen atoms in total. The number of benzene rings is 3. The molecule has 1 fully saturated rings. The van der Waals surface area contributed by atoms with E-state index < -0.39 is 0 Å². The van der Waals surface area contributed by atoms with Crippen molar-refractivity contribution in [2.24, 2.45) is 0 Å². The van der Waals surface area contributed by atoms with Crippen molar-refractivity contribution in [1.29, 1.82) is 0 Å². The second-order valence-electron chi connectivity index (χ2n) is 8.40. The minimum atomic E-state index is -0.353. The maximum Gasteiger partial charge on any atom is 0.232 e. The van der Waals surface area contributed by atoms with Crippen molar-refractivity contribution in [3.8, 4) is 17.2 Å². The summed E-state index contributed by atoms with van der Waals surface area (Å²) in [5.74, 6) is 2.09. The normalized spacial score (nSPS) is 15.8. The Labute approximate surface area is 194 Å². The number of nitrogens with one attached hydrogen (secondary N) is 1. The van der Waals surface area contributed by atoms with Gasteiger partial charge in [-0.3, -0.25) is 9.69 Å². The van der Waals surface area contributed by atoms with Crippen LogP contribution in [0.25, 0.3) is 0 Å². The van der Waals surface area contributed by atoms with Crippen LogP contribution >= 0.6 is 0 Å². The molecule has 3 aromatic rings. The maximum absolute atomic E-state index is 13.3. The lowest BCUT2D eigenvalue weighted by Gasteiger charge is -2.36. The predicted octanol–water partition coefficient (Wildman–Crippen LogP) is 3.87. The summed E-state index contributed by atoms with van der Waals surface area (Å²) >= 11 is 0. The van der Waals surface area contributed by atoms with E-state index in [0.717, 1.165) is 66.8 Å². The molecule has 6 heteroatoms. The van der Waals surface area contributed by atoms with E-state index in [0.29, 0.717) is 6.54 Å². The summed E-state index contributed by atoms with van der Waals surface area (Å²) in [5, 5.41) is 3.17. The first-order chi connectivity index (χ1) is 16.2. The molecule has 2 heterocycles. The Hall–Kier alpha value is -3.51. The molecule has 0 atom stereocenters. The van der Waals surface area contributed by atoms with E-state index in [2.05, 4.69) is 21.2 Å². The van der Waals surface area contributed by atoms with Crippen molar-refractivity contribution in [1.82, 2.24) is 10.2 Å². The van der Waals surface area contributed by atoms with Gasteiger partial charge in [-0.1, -0.05) is 48.5 Å². The van der Waals surface area contributed by atoms with Gasteiger partial charge < -0.3 is 19.7 Å². The van der Waals surface area contributed by atoms with Crippen LogP contribution in [0.5, 0.6) is 17.2 Å². The molecule has 0 radical (unpaired) electrons. The molecule has 0 saturated carbocycles. The van der Waals surface area contributed by atoms with E-state index in [1.165, 1.54) is 0 Å². The number of methoxy groups -OCH3 is 1. The SMILES string of the molecule is COc1ccccc1N1CCN(CCNC(=O)C2c3ccccc3Oc3ccccc32)CC1. The number of piperazine rings is 1. The van der Waals surface area contributed by atoms with Gasteiger partial charge >= 0.3 is 0 Å². The number of rotatable bonds is 6. The first-order valence-corrected chi connectivity index (χ1v) is 11.5. The van der Waals surface area contributed by atoms with Gasteiger partial charge in [0, 0.05) is 50.4 Å². The third-order valence-corrected chi connectivity index (χ3v) is 6.47. The minimum Gasteiger partial charge on any atom is -0.495 e. The number of hydrogen-bond donors (Lipinski definition) is 1. The summed E-state index contributed by atoms with van der Waals surface area (Å²) in [4.78, 5) is 18.0. The molecule has 0 bridgehead atoms. The van der Waals surface area contributed by atoms with Crippen molar-refractivity contribution in [2.75, 3.05) is 51.3 Å². The van der Waals surface area contributed by atoms with Crippen LogP contribution in [0.2, 0.25) is 0 Å².